The molecule has 10 heteroatoms. The number of thiophene rings is 1. The Bertz CT molecular complexity index is 1020. The molecule has 0 saturated carbocycles. The Morgan fingerprint density at radius 3 is 3.00 bits per heavy atom. The first kappa shape index (κ1) is 18.2. The molecule has 1 aliphatic heterocycles. The predicted molar refractivity (Wildman–Crippen MR) is 106 cm³/mol. The smallest absolute Gasteiger partial charge is 0.221 e. The zero-order chi connectivity index (χ0) is 18.5. The summed E-state index contributed by atoms with van der Waals surface area (Å²) in [5.41, 5.74) is -0.996. The Morgan fingerprint density at radius 1 is 1.42 bits per heavy atom. The molecule has 0 amide bonds. The molecule has 0 aromatic carbocycles. The fourth-order valence-corrected chi connectivity index (χ4v) is 5.17. The minimum absolute atomic E-state index is 0.266. The number of ether oxygens (including phenoxy) is 1. The highest BCUT2D eigenvalue weighted by Crippen LogP contribution is 2.41. The highest BCUT2D eigenvalue weighted by atomic mass is 79.9. The molecule has 1 unspecified atom stereocenters. The average molecular weight is 457 g/mol. The van der Waals surface area contributed by atoms with Crippen molar-refractivity contribution >= 4 is 64.2 Å². The molecule has 4 rings (SSSR count). The molecular weight excluding hydrogens is 440 g/mol. The van der Waals surface area contributed by atoms with Crippen molar-refractivity contribution in [1.29, 1.82) is 0 Å². The number of nitrogens with zero attached hydrogens (tertiary/aromatic N) is 4. The lowest BCUT2D eigenvalue weighted by molar-refractivity contribution is -0.0123. The molecular formula is C16H17BrN4O3S2. The molecule has 0 radical (unpaired) electrons. The van der Waals surface area contributed by atoms with Crippen LogP contribution in [0.4, 0.5) is 5.82 Å². The quantitative estimate of drug-likeness (QED) is 0.591. The van der Waals surface area contributed by atoms with Crippen molar-refractivity contribution in [2.45, 2.75) is 17.7 Å². The van der Waals surface area contributed by atoms with Gasteiger partial charge in [-0.25, -0.2) is 9.97 Å². The van der Waals surface area contributed by atoms with Crippen LogP contribution in [0.15, 0.2) is 22.0 Å². The van der Waals surface area contributed by atoms with Crippen molar-refractivity contribution < 1.29 is 14.1 Å². The van der Waals surface area contributed by atoms with Gasteiger partial charge in [0, 0.05) is 30.6 Å². The van der Waals surface area contributed by atoms with Gasteiger partial charge in [0.1, 0.15) is 16.2 Å². The lowest BCUT2D eigenvalue weighted by atomic mass is 10.1. The third-order valence-corrected chi connectivity index (χ3v) is 6.86. The molecule has 3 aromatic heterocycles. The van der Waals surface area contributed by atoms with Gasteiger partial charge in [0.2, 0.25) is 5.16 Å². The van der Waals surface area contributed by atoms with Crippen LogP contribution in [0.2, 0.25) is 0 Å². The number of anilines is 1. The Labute approximate surface area is 165 Å². The van der Waals surface area contributed by atoms with E-state index in [1.807, 2.05) is 4.90 Å². The van der Waals surface area contributed by atoms with Gasteiger partial charge in [-0.2, -0.15) is 0 Å². The molecule has 1 N–H and O–H groups in total. The number of fused-ring (bicyclic) bond motifs is 3. The second kappa shape index (κ2) is 6.75. The molecule has 1 saturated heterocycles. The van der Waals surface area contributed by atoms with E-state index in [0.29, 0.717) is 25.5 Å². The number of β-amino-alcohol motifs (C(OH)–C–C–N with tert-alkyl or cyclic N) is 1. The first-order chi connectivity index (χ1) is 12.4. The zero-order valence-corrected chi connectivity index (χ0v) is 17.4. The number of aliphatic hydroxyl groups is 1. The normalized spacial score (nSPS) is 22.7. The average Bonchev–Trinajstić information content (AvgIpc) is 2.86. The van der Waals surface area contributed by atoms with Gasteiger partial charge in [0.15, 0.2) is 0 Å². The summed E-state index contributed by atoms with van der Waals surface area (Å²) in [6, 6.07) is 0. The molecule has 1 fully saturated rings. The van der Waals surface area contributed by atoms with E-state index >= 15 is 0 Å². The van der Waals surface area contributed by atoms with Crippen LogP contribution in [0.5, 0.6) is 0 Å². The van der Waals surface area contributed by atoms with Gasteiger partial charge in [0.05, 0.1) is 45.1 Å². The van der Waals surface area contributed by atoms with E-state index in [-0.39, 0.29) is 11.8 Å². The van der Waals surface area contributed by atoms with E-state index < -0.39 is 16.4 Å². The summed E-state index contributed by atoms with van der Waals surface area (Å²) in [6.45, 7) is 3.44. The first-order valence-electron chi connectivity index (χ1n) is 7.98. The van der Waals surface area contributed by atoms with Crippen LogP contribution in [0, 0.1) is 0 Å². The number of pyridine rings is 1. The molecule has 1 aliphatic rings. The van der Waals surface area contributed by atoms with Crippen LogP contribution in [-0.2, 0) is 15.5 Å². The Morgan fingerprint density at radius 2 is 2.23 bits per heavy atom. The van der Waals surface area contributed by atoms with E-state index in [1.165, 1.54) is 11.3 Å². The largest absolute Gasteiger partial charge is 0.386 e. The summed E-state index contributed by atoms with van der Waals surface area (Å²) in [4.78, 5) is 16.1. The SMILES string of the molecule is CS(=O)c1nc(N2CCOC[C@@](C)(O)C2)c2c(n1)sc1c(Br)cncc12. The summed E-state index contributed by atoms with van der Waals surface area (Å²) in [5, 5.41) is 12.6. The molecule has 26 heavy (non-hydrogen) atoms. The van der Waals surface area contributed by atoms with Crippen molar-refractivity contribution in [3.8, 4) is 0 Å². The fraction of sp³-hybridized carbons (Fsp3) is 0.438. The number of hydrogen-bond acceptors (Lipinski definition) is 8. The van der Waals surface area contributed by atoms with E-state index in [9.17, 15) is 9.32 Å². The third kappa shape index (κ3) is 3.24. The lowest BCUT2D eigenvalue weighted by Crippen LogP contribution is -2.42. The second-order valence-electron chi connectivity index (χ2n) is 6.54. The van der Waals surface area contributed by atoms with Gasteiger partial charge in [-0.1, -0.05) is 0 Å². The van der Waals surface area contributed by atoms with Gasteiger partial charge in [-0.15, -0.1) is 11.3 Å². The van der Waals surface area contributed by atoms with Crippen molar-refractivity contribution in [3.05, 3.63) is 16.9 Å². The summed E-state index contributed by atoms with van der Waals surface area (Å²) in [7, 11) is -1.31. The van der Waals surface area contributed by atoms with Crippen LogP contribution in [-0.4, -0.2) is 62.4 Å². The van der Waals surface area contributed by atoms with Crippen molar-refractivity contribution in [2.24, 2.45) is 0 Å². The van der Waals surface area contributed by atoms with E-state index in [0.717, 1.165) is 24.8 Å². The fourth-order valence-electron chi connectivity index (χ4n) is 3.06. The van der Waals surface area contributed by atoms with Gasteiger partial charge in [-0.05, 0) is 22.9 Å². The molecule has 138 valence electrons. The number of aromatic nitrogens is 3. The maximum atomic E-state index is 12.1. The standard InChI is InChI=1S/C16H17BrN4O3S2/c1-16(22)7-21(3-4-24-8-16)13-11-9-5-18-6-10(17)12(9)25-14(11)20-15(19-13)26(2)23/h5-6,22H,3-4,7-8H2,1-2H3/t16-,26?/m0/s1. The first-order valence-corrected chi connectivity index (χ1v) is 11.1. The maximum absolute atomic E-state index is 12.1. The summed E-state index contributed by atoms with van der Waals surface area (Å²) in [6.07, 6.45) is 5.10. The maximum Gasteiger partial charge on any atom is 0.221 e. The topological polar surface area (TPSA) is 88.4 Å². The zero-order valence-electron chi connectivity index (χ0n) is 14.2. The number of rotatable bonds is 2. The molecule has 4 heterocycles. The van der Waals surface area contributed by atoms with Gasteiger partial charge < -0.3 is 14.7 Å². The third-order valence-electron chi connectivity index (χ3n) is 4.16. The van der Waals surface area contributed by atoms with Crippen LogP contribution in [0.1, 0.15) is 6.92 Å². The molecule has 7 nitrogen and oxygen atoms in total. The number of halogens is 1. The number of hydrogen-bond donors (Lipinski definition) is 1. The van der Waals surface area contributed by atoms with E-state index in [4.69, 9.17) is 4.74 Å². The van der Waals surface area contributed by atoms with Gasteiger partial charge >= 0.3 is 0 Å². The summed E-state index contributed by atoms with van der Waals surface area (Å²) < 4.78 is 19.5. The Balaban J connectivity index is 2.00. The van der Waals surface area contributed by atoms with Crippen molar-refractivity contribution in [1.82, 2.24) is 15.0 Å². The highest BCUT2D eigenvalue weighted by Gasteiger charge is 2.30. The highest BCUT2D eigenvalue weighted by molar-refractivity contribution is 9.10. The second-order valence-corrected chi connectivity index (χ2v) is 9.66. The van der Waals surface area contributed by atoms with Crippen LogP contribution in [0.3, 0.4) is 0 Å². The molecule has 0 bridgehead atoms. The van der Waals surface area contributed by atoms with E-state index in [2.05, 4.69) is 30.9 Å². The minimum atomic E-state index is -1.31. The van der Waals surface area contributed by atoms with Crippen molar-refractivity contribution in [2.75, 3.05) is 37.5 Å². The van der Waals surface area contributed by atoms with Gasteiger partial charge in [-0.3, -0.25) is 9.19 Å². The van der Waals surface area contributed by atoms with Crippen LogP contribution in [0.25, 0.3) is 20.3 Å². The van der Waals surface area contributed by atoms with Gasteiger partial charge in [0.25, 0.3) is 0 Å². The lowest BCUT2D eigenvalue weighted by Gasteiger charge is -2.28. The minimum Gasteiger partial charge on any atom is -0.386 e. The van der Waals surface area contributed by atoms with E-state index in [1.54, 1.807) is 25.6 Å². The van der Waals surface area contributed by atoms with Crippen LogP contribution >= 0.6 is 27.3 Å². The van der Waals surface area contributed by atoms with Crippen molar-refractivity contribution in [3.63, 3.8) is 0 Å². The Kier molecular flexibility index (Phi) is 4.72. The summed E-state index contributed by atoms with van der Waals surface area (Å²) in [5.74, 6) is 0.664. The monoisotopic (exact) mass is 456 g/mol. The summed E-state index contributed by atoms with van der Waals surface area (Å²) >= 11 is 5.05. The molecule has 2 atom stereocenters. The van der Waals surface area contributed by atoms with Crippen LogP contribution < -0.4 is 4.90 Å². The molecule has 0 aliphatic carbocycles. The molecule has 0 spiro atoms. The Hall–Kier alpha value is -1.20. The molecule has 3 aromatic rings. The predicted octanol–water partition coefficient (Wildman–Crippen LogP) is 2.33.